The van der Waals surface area contributed by atoms with E-state index in [0.717, 1.165) is 132 Å². The molecule has 12 heteroatoms. The Morgan fingerprint density at radius 2 is 0.551 bits per heavy atom. The maximum Gasteiger partial charge on any atom is 0.238 e. The Bertz CT molecular complexity index is 6330. The monoisotopic (exact) mass is 1250 g/mol. The normalized spacial score (nSPS) is 11.4. The molecule has 0 fully saturated rings. The molecule has 6 aromatic heterocycles. The molecule has 0 N–H and O–H groups in total. The van der Waals surface area contributed by atoms with Crippen molar-refractivity contribution in [1.29, 1.82) is 10.5 Å². The van der Waals surface area contributed by atoms with Crippen molar-refractivity contribution in [2.75, 3.05) is 0 Å². The molecule has 0 aliphatic carbocycles. The lowest BCUT2D eigenvalue weighted by atomic mass is 9.98. The number of nitrogens with zero attached hydrogens (tertiary/aromatic N) is 10. The Hall–Kier alpha value is -13.9. The van der Waals surface area contributed by atoms with E-state index in [-0.39, 0.29) is 0 Å². The molecule has 0 unspecified atom stereocenters. The summed E-state index contributed by atoms with van der Waals surface area (Å²) in [6.07, 6.45) is 0. The predicted molar refractivity (Wildman–Crippen MR) is 390 cm³/mol. The van der Waals surface area contributed by atoms with Gasteiger partial charge in [-0.25, -0.2) is 9.97 Å². The third kappa shape index (κ3) is 9.68. The van der Waals surface area contributed by atoms with E-state index in [1.54, 1.807) is 0 Å². The Kier molecular flexibility index (Phi) is 13.7. The van der Waals surface area contributed by atoms with Crippen molar-refractivity contribution in [3.8, 4) is 103 Å². The van der Waals surface area contributed by atoms with Gasteiger partial charge in [-0.15, -0.1) is 0 Å². The van der Waals surface area contributed by atoms with Crippen molar-refractivity contribution in [3.05, 3.63) is 314 Å². The van der Waals surface area contributed by atoms with Crippen molar-refractivity contribution in [2.24, 2.45) is 0 Å². The van der Waals surface area contributed by atoms with Crippen molar-refractivity contribution in [1.82, 2.24) is 39.0 Å². The van der Waals surface area contributed by atoms with Crippen molar-refractivity contribution in [3.63, 3.8) is 0 Å². The van der Waals surface area contributed by atoms with Crippen molar-refractivity contribution < 1.29 is 8.83 Å². The largest absolute Gasteiger partial charge is 0.455 e. The number of rotatable bonds is 9. The van der Waals surface area contributed by atoms with Gasteiger partial charge in [0.05, 0.1) is 56.5 Å². The zero-order valence-electron chi connectivity index (χ0n) is 52.2. The van der Waals surface area contributed by atoms with Crippen LogP contribution in [0.4, 0.5) is 0 Å². The molecular formula is C86H50N10O2. The molecule has 0 spiro atoms. The third-order valence-corrected chi connectivity index (χ3v) is 18.3. The number of nitriles is 2. The number of para-hydroxylation sites is 6. The van der Waals surface area contributed by atoms with E-state index in [0.29, 0.717) is 57.5 Å². The molecule has 19 rings (SSSR count). The first-order chi connectivity index (χ1) is 48.5. The lowest BCUT2D eigenvalue weighted by Crippen LogP contribution is -2.06. The molecule has 98 heavy (non-hydrogen) atoms. The van der Waals surface area contributed by atoms with E-state index in [2.05, 4.69) is 155 Å². The fraction of sp³-hybridized carbons (Fsp3) is 0. The van der Waals surface area contributed by atoms with Crippen LogP contribution in [0.15, 0.2) is 312 Å². The fourth-order valence-corrected chi connectivity index (χ4v) is 13.7. The molecule has 0 aliphatic rings. The van der Waals surface area contributed by atoms with Crippen molar-refractivity contribution in [2.45, 2.75) is 0 Å². The highest BCUT2D eigenvalue weighted by molar-refractivity contribution is 6.17. The van der Waals surface area contributed by atoms with Crippen LogP contribution in [0.2, 0.25) is 0 Å². The van der Waals surface area contributed by atoms with Gasteiger partial charge in [-0.05, 0) is 106 Å². The zero-order valence-corrected chi connectivity index (χ0v) is 52.2. The highest BCUT2D eigenvalue weighted by Gasteiger charge is 2.25. The molecule has 0 atom stereocenters. The second-order valence-electron chi connectivity index (χ2n) is 23.9. The number of hydrogen-bond donors (Lipinski definition) is 0. The minimum atomic E-state index is 0.513. The van der Waals surface area contributed by atoms with Crippen LogP contribution < -0.4 is 0 Å². The number of hydrogen-bond acceptors (Lipinski definition) is 10. The van der Waals surface area contributed by atoms with Crippen LogP contribution in [0, 0.1) is 22.7 Å². The van der Waals surface area contributed by atoms with Crippen LogP contribution in [0.25, 0.3) is 178 Å². The van der Waals surface area contributed by atoms with Gasteiger partial charge in [-0.3, -0.25) is 9.13 Å². The smallest absolute Gasteiger partial charge is 0.238 e. The quantitative estimate of drug-likeness (QED) is 0.136. The van der Waals surface area contributed by atoms with Gasteiger partial charge in [-0.2, -0.15) is 30.5 Å². The first-order valence-electron chi connectivity index (χ1n) is 32.1. The van der Waals surface area contributed by atoms with Crippen LogP contribution in [-0.2, 0) is 0 Å². The first-order valence-corrected chi connectivity index (χ1v) is 32.1. The molecular weight excluding hydrogens is 1210 g/mol. The van der Waals surface area contributed by atoms with Gasteiger partial charge < -0.3 is 8.83 Å². The minimum Gasteiger partial charge on any atom is -0.455 e. The lowest BCUT2D eigenvalue weighted by Gasteiger charge is -2.11. The summed E-state index contributed by atoms with van der Waals surface area (Å²) < 4.78 is 17.5. The summed E-state index contributed by atoms with van der Waals surface area (Å²) in [4.78, 5) is 30.7. The van der Waals surface area contributed by atoms with E-state index < -0.39 is 0 Å². The zero-order chi connectivity index (χ0) is 65.2. The number of benzene rings is 13. The number of fused-ring (bicyclic) bond motifs is 12. The summed E-state index contributed by atoms with van der Waals surface area (Å²) in [5.41, 5.74) is 17.9. The second-order valence-corrected chi connectivity index (χ2v) is 23.9. The summed E-state index contributed by atoms with van der Waals surface area (Å²) >= 11 is 0. The lowest BCUT2D eigenvalue weighted by molar-refractivity contribution is 0.669. The first kappa shape index (κ1) is 56.8. The van der Waals surface area contributed by atoms with E-state index in [9.17, 15) is 10.5 Å². The van der Waals surface area contributed by atoms with Crippen LogP contribution >= 0.6 is 0 Å². The molecule has 0 aliphatic heterocycles. The Morgan fingerprint density at radius 1 is 0.245 bits per heavy atom. The van der Waals surface area contributed by atoms with Gasteiger partial charge in [-0.1, -0.05) is 231 Å². The van der Waals surface area contributed by atoms with Gasteiger partial charge >= 0.3 is 0 Å². The summed E-state index contributed by atoms with van der Waals surface area (Å²) in [7, 11) is 0. The molecule has 0 radical (unpaired) electrons. The van der Waals surface area contributed by atoms with E-state index >= 15 is 0 Å². The molecule has 0 saturated carbocycles. The summed E-state index contributed by atoms with van der Waals surface area (Å²) in [6.45, 7) is 0. The third-order valence-electron chi connectivity index (χ3n) is 18.3. The maximum atomic E-state index is 9.37. The van der Waals surface area contributed by atoms with E-state index in [1.165, 1.54) is 0 Å². The summed E-state index contributed by atoms with van der Waals surface area (Å²) in [6, 6.07) is 106. The Balaban J connectivity index is 0.000000143. The highest BCUT2D eigenvalue weighted by Crippen LogP contribution is 2.44. The predicted octanol–water partition coefficient (Wildman–Crippen LogP) is 21.1. The molecule has 19 aromatic rings. The molecule has 13 aromatic carbocycles. The van der Waals surface area contributed by atoms with Gasteiger partial charge in [0, 0.05) is 54.2 Å². The van der Waals surface area contributed by atoms with Gasteiger partial charge in [0.15, 0.2) is 23.3 Å². The average molecular weight is 1260 g/mol. The molecule has 0 bridgehead atoms. The molecule has 0 saturated heterocycles. The topological polar surface area (TPSA) is 161 Å². The molecule has 12 nitrogen and oxygen atoms in total. The molecule has 6 heterocycles. The molecule has 0 amide bonds. The average Bonchev–Trinajstić information content (AvgIpc) is 1.58. The summed E-state index contributed by atoms with van der Waals surface area (Å²) in [5, 5.41) is 27.1. The minimum absolute atomic E-state index is 0.513. The van der Waals surface area contributed by atoms with Crippen LogP contribution in [-0.4, -0.2) is 39.0 Å². The number of furan rings is 2. The standard InChI is InChI=1S/C46H27N5O.C40H23N5O/c47-28-29-20-22-32(23-21-29)34-14-9-19-41-42(34)37-15-8-16-38(43(37)52-41)45-48-44(33-26-24-31(25-27-33)30-10-2-1-3-11-30)49-46(50-45)51-39-17-6-4-12-35(39)36-13-5-7-18-40(36)51;41-24-25-20-22-26(23-21-25)28-14-9-19-35-36(28)31-15-8-16-32(37(31)46-35)39-42-38(27-10-2-1-3-11-27)43-40(44-39)45-33-17-6-4-12-29(33)30-13-5-7-18-34(30)45/h1-27H;1-23H. The van der Waals surface area contributed by atoms with Gasteiger partial charge in [0.2, 0.25) is 11.9 Å². The van der Waals surface area contributed by atoms with Gasteiger partial charge in [0.1, 0.15) is 22.3 Å². The van der Waals surface area contributed by atoms with Crippen LogP contribution in [0.5, 0.6) is 0 Å². The maximum absolute atomic E-state index is 9.37. The number of aromatic nitrogens is 8. The Morgan fingerprint density at radius 3 is 0.959 bits per heavy atom. The van der Waals surface area contributed by atoms with Crippen molar-refractivity contribution >= 4 is 87.5 Å². The van der Waals surface area contributed by atoms with Crippen LogP contribution in [0.1, 0.15) is 11.1 Å². The van der Waals surface area contributed by atoms with E-state index in [4.69, 9.17) is 38.7 Å². The highest BCUT2D eigenvalue weighted by atomic mass is 16.3. The van der Waals surface area contributed by atoms with E-state index in [1.807, 2.05) is 170 Å². The Labute approximate surface area is 560 Å². The fourth-order valence-electron chi connectivity index (χ4n) is 13.7. The second kappa shape index (κ2) is 23.6. The molecule has 456 valence electrons. The summed E-state index contributed by atoms with van der Waals surface area (Å²) in [5.74, 6) is 3.24. The van der Waals surface area contributed by atoms with Crippen LogP contribution in [0.3, 0.4) is 0 Å². The van der Waals surface area contributed by atoms with Gasteiger partial charge in [0.25, 0.3) is 0 Å². The SMILES string of the molecule is N#Cc1ccc(-c2cccc3oc4c(-c5nc(-c6ccc(-c7ccccc7)cc6)nc(-n6c7ccccc7c7ccccc76)n5)cccc4c23)cc1.N#Cc1ccc(-c2cccc3oc4c(-c5nc(-c6ccccc6)nc(-n6c7ccccc7c7ccccc76)n5)cccc4c23)cc1.